The lowest BCUT2D eigenvalue weighted by Gasteiger charge is -2.22. The number of benzene rings is 2. The Morgan fingerprint density at radius 1 is 0.880 bits per heavy atom. The minimum Gasteiger partial charge on any atom is -0.241 e. The van der Waals surface area contributed by atoms with Gasteiger partial charge in [0.15, 0.2) is 0 Å². The fourth-order valence-electron chi connectivity index (χ4n) is 3.42. The molecule has 2 aromatic heterocycles. The zero-order chi connectivity index (χ0) is 16.8. The van der Waals surface area contributed by atoms with E-state index >= 15 is 0 Å². The molecule has 0 spiro atoms. The van der Waals surface area contributed by atoms with Crippen LogP contribution in [0.5, 0.6) is 0 Å². The summed E-state index contributed by atoms with van der Waals surface area (Å²) in [5.41, 5.74) is 3.33. The average Bonchev–Trinajstić information content (AvgIpc) is 3.25. The number of thiazole rings is 2. The number of nitrogens with zero attached hydrogens (tertiary/aromatic N) is 2. The van der Waals surface area contributed by atoms with E-state index in [2.05, 4.69) is 36.4 Å². The molecule has 0 radical (unpaired) electrons. The molecule has 25 heavy (non-hydrogen) atoms. The Bertz CT molecular complexity index is 1040. The number of allylic oxidation sites excluding steroid dienone is 2. The normalized spacial score (nSPS) is 18.4. The second-order valence-corrected chi connectivity index (χ2v) is 8.78. The Labute approximate surface area is 158 Å². The first kappa shape index (κ1) is 15.5. The molecular formula is C20H15ClN2S2. The van der Waals surface area contributed by atoms with Crippen molar-refractivity contribution in [3.8, 4) is 0 Å². The minimum atomic E-state index is 0.204. The van der Waals surface area contributed by atoms with Crippen LogP contribution in [0.4, 0.5) is 0 Å². The van der Waals surface area contributed by atoms with Crippen molar-refractivity contribution in [3.63, 3.8) is 0 Å². The molecule has 2 heterocycles. The summed E-state index contributed by atoms with van der Waals surface area (Å²) in [6.07, 6.45) is 3.19. The molecule has 0 amide bonds. The predicted molar refractivity (Wildman–Crippen MR) is 109 cm³/mol. The highest BCUT2D eigenvalue weighted by atomic mass is 35.5. The molecule has 5 rings (SSSR count). The lowest BCUT2D eigenvalue weighted by molar-refractivity contribution is 0.652. The number of para-hydroxylation sites is 2. The molecule has 0 bridgehead atoms. The number of hydrogen-bond donors (Lipinski definition) is 0. The van der Waals surface area contributed by atoms with Gasteiger partial charge in [0.2, 0.25) is 0 Å². The molecule has 124 valence electrons. The summed E-state index contributed by atoms with van der Waals surface area (Å²) >= 11 is 10.4. The second kappa shape index (κ2) is 6.20. The Balaban J connectivity index is 1.60. The second-order valence-electron chi connectivity index (χ2n) is 6.28. The molecule has 1 unspecified atom stereocenters. The summed E-state index contributed by atoms with van der Waals surface area (Å²) in [5.74, 6) is 0.204. The number of halogens is 1. The van der Waals surface area contributed by atoms with Crippen LogP contribution in [0.15, 0.2) is 53.6 Å². The number of aromatic nitrogens is 2. The molecule has 2 nitrogen and oxygen atoms in total. The van der Waals surface area contributed by atoms with E-state index in [0.29, 0.717) is 0 Å². The molecule has 0 saturated carbocycles. The molecule has 1 aliphatic carbocycles. The van der Waals surface area contributed by atoms with E-state index in [1.54, 1.807) is 22.7 Å². The van der Waals surface area contributed by atoms with Crippen LogP contribution in [0.1, 0.15) is 35.2 Å². The zero-order valence-electron chi connectivity index (χ0n) is 13.4. The third-order valence-electron chi connectivity index (χ3n) is 4.67. The highest BCUT2D eigenvalue weighted by Crippen LogP contribution is 2.46. The van der Waals surface area contributed by atoms with Crippen molar-refractivity contribution < 1.29 is 0 Å². The van der Waals surface area contributed by atoms with Crippen LogP contribution in [0.3, 0.4) is 0 Å². The van der Waals surface area contributed by atoms with E-state index in [1.165, 1.54) is 15.0 Å². The van der Waals surface area contributed by atoms with Crippen LogP contribution < -0.4 is 0 Å². The molecule has 4 aromatic rings. The van der Waals surface area contributed by atoms with Gasteiger partial charge in [-0.15, -0.1) is 22.7 Å². The predicted octanol–water partition coefficient (Wildman–Crippen LogP) is 6.82. The Morgan fingerprint density at radius 2 is 1.56 bits per heavy atom. The number of hydrogen-bond acceptors (Lipinski definition) is 4. The highest BCUT2D eigenvalue weighted by Gasteiger charge is 2.28. The summed E-state index contributed by atoms with van der Waals surface area (Å²) in [5, 5.41) is 3.13. The van der Waals surface area contributed by atoms with Crippen molar-refractivity contribution in [1.82, 2.24) is 9.97 Å². The van der Waals surface area contributed by atoms with Crippen molar-refractivity contribution in [3.05, 3.63) is 63.6 Å². The van der Waals surface area contributed by atoms with Crippen LogP contribution in [-0.4, -0.2) is 9.97 Å². The monoisotopic (exact) mass is 382 g/mol. The largest absolute Gasteiger partial charge is 0.241 e. The Kier molecular flexibility index (Phi) is 3.85. The van der Waals surface area contributed by atoms with Gasteiger partial charge in [-0.05, 0) is 43.5 Å². The van der Waals surface area contributed by atoms with Gasteiger partial charge in [0.05, 0.1) is 20.4 Å². The van der Waals surface area contributed by atoms with Crippen LogP contribution >= 0.6 is 34.3 Å². The Morgan fingerprint density at radius 3 is 2.28 bits per heavy atom. The molecule has 0 N–H and O–H groups in total. The topological polar surface area (TPSA) is 25.8 Å². The van der Waals surface area contributed by atoms with Gasteiger partial charge >= 0.3 is 0 Å². The lowest BCUT2D eigenvalue weighted by Crippen LogP contribution is -2.07. The first-order valence-corrected chi connectivity index (χ1v) is 10.4. The van der Waals surface area contributed by atoms with Gasteiger partial charge in [-0.1, -0.05) is 35.9 Å². The van der Waals surface area contributed by atoms with Gasteiger partial charge in [0.25, 0.3) is 0 Å². The van der Waals surface area contributed by atoms with Gasteiger partial charge in [0, 0.05) is 16.5 Å². The average molecular weight is 383 g/mol. The third-order valence-corrected chi connectivity index (χ3v) is 7.41. The first-order chi connectivity index (χ1) is 12.3. The van der Waals surface area contributed by atoms with Crippen molar-refractivity contribution in [2.75, 3.05) is 0 Å². The molecule has 1 atom stereocenters. The number of fused-ring (bicyclic) bond motifs is 2. The van der Waals surface area contributed by atoms with Gasteiger partial charge in [-0.3, -0.25) is 0 Å². The molecule has 1 aliphatic rings. The standard InChI is InChI=1S/C20H15ClN2S2/c21-18-12(19-22-14-8-1-3-10-16(14)24-19)6-5-7-13(18)20-23-15-9-2-4-11-17(15)25-20/h1-4,8-12H,5-7H2. The van der Waals surface area contributed by atoms with Gasteiger partial charge in [-0.2, -0.15) is 0 Å². The molecule has 0 fully saturated rings. The summed E-state index contributed by atoms with van der Waals surface area (Å²) < 4.78 is 2.45. The maximum atomic E-state index is 6.89. The molecule has 0 saturated heterocycles. The smallest absolute Gasteiger partial charge is 0.121 e. The molecular weight excluding hydrogens is 368 g/mol. The minimum absolute atomic E-state index is 0.204. The van der Waals surface area contributed by atoms with Gasteiger partial charge in [0.1, 0.15) is 10.0 Å². The van der Waals surface area contributed by atoms with E-state index in [-0.39, 0.29) is 5.92 Å². The molecule has 2 aromatic carbocycles. The third kappa shape index (κ3) is 2.69. The summed E-state index contributed by atoms with van der Waals surface area (Å²) in [7, 11) is 0. The van der Waals surface area contributed by atoms with Crippen molar-refractivity contribution in [1.29, 1.82) is 0 Å². The summed E-state index contributed by atoms with van der Waals surface area (Å²) in [4.78, 5) is 9.66. The van der Waals surface area contributed by atoms with E-state index in [1.807, 2.05) is 12.1 Å². The Hall–Kier alpha value is -1.75. The zero-order valence-corrected chi connectivity index (χ0v) is 15.8. The van der Waals surface area contributed by atoms with E-state index in [0.717, 1.165) is 45.3 Å². The molecule has 5 heteroatoms. The SMILES string of the molecule is ClC1=C(c2nc3ccccc3s2)CCCC1c1nc2ccccc2s1. The molecule has 0 aliphatic heterocycles. The quantitative estimate of drug-likeness (QED) is 0.380. The fraction of sp³-hybridized carbons (Fsp3) is 0.200. The fourth-order valence-corrected chi connectivity index (χ4v) is 6.10. The summed E-state index contributed by atoms with van der Waals surface area (Å²) in [6.45, 7) is 0. The van der Waals surface area contributed by atoms with Crippen molar-refractivity contribution in [2.24, 2.45) is 0 Å². The summed E-state index contributed by atoms with van der Waals surface area (Å²) in [6, 6.07) is 16.6. The lowest BCUT2D eigenvalue weighted by atomic mass is 9.90. The maximum Gasteiger partial charge on any atom is 0.121 e. The van der Waals surface area contributed by atoms with Gasteiger partial charge in [-0.25, -0.2) is 9.97 Å². The van der Waals surface area contributed by atoms with Crippen LogP contribution in [0.25, 0.3) is 26.0 Å². The van der Waals surface area contributed by atoms with Crippen molar-refractivity contribution >= 4 is 60.3 Å². The van der Waals surface area contributed by atoms with E-state index < -0.39 is 0 Å². The van der Waals surface area contributed by atoms with Crippen LogP contribution in [-0.2, 0) is 0 Å². The van der Waals surface area contributed by atoms with E-state index in [9.17, 15) is 0 Å². The first-order valence-electron chi connectivity index (χ1n) is 8.39. The highest BCUT2D eigenvalue weighted by molar-refractivity contribution is 7.19. The van der Waals surface area contributed by atoms with E-state index in [4.69, 9.17) is 21.6 Å². The maximum absolute atomic E-state index is 6.89. The van der Waals surface area contributed by atoms with Crippen molar-refractivity contribution in [2.45, 2.75) is 25.2 Å². The number of rotatable bonds is 2. The van der Waals surface area contributed by atoms with Crippen LogP contribution in [0.2, 0.25) is 0 Å². The van der Waals surface area contributed by atoms with Crippen LogP contribution in [0, 0.1) is 0 Å². The van der Waals surface area contributed by atoms with Gasteiger partial charge < -0.3 is 0 Å².